The molecule has 2 aliphatic rings. The number of nitrogens with zero attached hydrogens (tertiary/aromatic N) is 2. The smallest absolute Gasteiger partial charge is 0.246 e. The first-order valence-corrected chi connectivity index (χ1v) is 12.1. The lowest BCUT2D eigenvalue weighted by atomic mass is 10.0. The van der Waals surface area contributed by atoms with Crippen LogP contribution in [0.5, 0.6) is 0 Å². The van der Waals surface area contributed by atoms with Crippen molar-refractivity contribution in [2.75, 3.05) is 13.1 Å². The monoisotopic (exact) mass is 485 g/mol. The van der Waals surface area contributed by atoms with Crippen molar-refractivity contribution in [3.05, 3.63) is 35.9 Å². The molecule has 0 spiro atoms. The average Bonchev–Trinajstić information content (AvgIpc) is 3.33. The highest BCUT2D eigenvalue weighted by atomic mass is 16.2. The van der Waals surface area contributed by atoms with Gasteiger partial charge >= 0.3 is 0 Å². The van der Waals surface area contributed by atoms with Gasteiger partial charge in [0.2, 0.25) is 23.6 Å². The topological polar surface area (TPSA) is 172 Å². The zero-order valence-corrected chi connectivity index (χ0v) is 20.0. The lowest BCUT2D eigenvalue weighted by molar-refractivity contribution is -0.143. The Morgan fingerprint density at radius 3 is 2.31 bits per heavy atom. The molecule has 2 fully saturated rings. The molecule has 1 aromatic rings. The number of nitrogens with one attached hydrogen (secondary N) is 3. The van der Waals surface area contributed by atoms with Gasteiger partial charge < -0.3 is 32.3 Å². The van der Waals surface area contributed by atoms with Crippen LogP contribution in [-0.4, -0.2) is 71.7 Å². The third-order valence-electron chi connectivity index (χ3n) is 6.36. The molecule has 0 bridgehead atoms. The molecule has 11 heteroatoms. The molecule has 0 saturated carbocycles. The van der Waals surface area contributed by atoms with Crippen molar-refractivity contribution < 1.29 is 19.2 Å². The van der Waals surface area contributed by atoms with E-state index in [0.717, 1.165) is 5.56 Å². The fourth-order valence-corrected chi connectivity index (χ4v) is 4.49. The standard InChI is InChI=1S/C24H35N7O4/c1-2-16-20(32)30-18(14-15-8-4-3-5-9-15)23(35)31-13-7-11-19(31)22(34)29-17(21(33)28-16)10-6-12-27-24(25)26/h3-5,8-9,16-19H,2,6-7,10-14H2,1H3,(H,28,33)(H,29,34)(H,30,32)(H4,25,26,27)/t16-,17+,18-,19+/m0/s1. The Labute approximate surface area is 205 Å². The second kappa shape index (κ2) is 12.2. The first kappa shape index (κ1) is 26.0. The molecule has 0 aromatic heterocycles. The van der Waals surface area contributed by atoms with Crippen LogP contribution < -0.4 is 27.4 Å². The van der Waals surface area contributed by atoms with Gasteiger partial charge in [0.05, 0.1) is 0 Å². The normalized spacial score (nSPS) is 25.5. The maximum atomic E-state index is 13.6. The van der Waals surface area contributed by atoms with Gasteiger partial charge in [-0.2, -0.15) is 0 Å². The van der Waals surface area contributed by atoms with Crippen molar-refractivity contribution >= 4 is 29.6 Å². The molecule has 1 aromatic carbocycles. The molecule has 190 valence electrons. The maximum Gasteiger partial charge on any atom is 0.246 e. The van der Waals surface area contributed by atoms with Gasteiger partial charge in [0, 0.05) is 19.5 Å². The van der Waals surface area contributed by atoms with Crippen molar-refractivity contribution in [1.82, 2.24) is 20.9 Å². The summed E-state index contributed by atoms with van der Waals surface area (Å²) in [6, 6.07) is 6.10. The Morgan fingerprint density at radius 2 is 1.63 bits per heavy atom. The summed E-state index contributed by atoms with van der Waals surface area (Å²) in [4.78, 5) is 58.4. The van der Waals surface area contributed by atoms with Crippen LogP contribution in [0.15, 0.2) is 35.3 Å². The SMILES string of the molecule is CC[C@@H]1NC(=O)[C@@H](CCCN=C(N)N)NC(=O)[C@H]2CCCN2C(=O)[C@H](Cc2ccccc2)NC1=O. The molecule has 2 aliphatic heterocycles. The molecule has 11 nitrogen and oxygen atoms in total. The Balaban J connectivity index is 1.86. The van der Waals surface area contributed by atoms with E-state index in [1.54, 1.807) is 6.92 Å². The first-order valence-electron chi connectivity index (χ1n) is 12.1. The third kappa shape index (κ3) is 6.93. The highest BCUT2D eigenvalue weighted by Crippen LogP contribution is 2.21. The quantitative estimate of drug-likeness (QED) is 0.191. The fourth-order valence-electron chi connectivity index (χ4n) is 4.49. The number of fused-ring (bicyclic) bond motifs is 1. The summed E-state index contributed by atoms with van der Waals surface area (Å²) in [5.41, 5.74) is 11.6. The van der Waals surface area contributed by atoms with Gasteiger partial charge in [-0.15, -0.1) is 0 Å². The van der Waals surface area contributed by atoms with E-state index < -0.39 is 36.0 Å². The van der Waals surface area contributed by atoms with Crippen LogP contribution in [0.2, 0.25) is 0 Å². The largest absolute Gasteiger partial charge is 0.370 e. The van der Waals surface area contributed by atoms with E-state index in [1.165, 1.54) is 4.90 Å². The van der Waals surface area contributed by atoms with Gasteiger partial charge in [-0.05, 0) is 37.7 Å². The Morgan fingerprint density at radius 1 is 0.971 bits per heavy atom. The molecule has 35 heavy (non-hydrogen) atoms. The number of guanidine groups is 1. The fraction of sp³-hybridized carbons (Fsp3) is 0.542. The summed E-state index contributed by atoms with van der Waals surface area (Å²) in [5.74, 6) is -1.62. The molecule has 0 unspecified atom stereocenters. The zero-order valence-electron chi connectivity index (χ0n) is 20.0. The number of hydrogen-bond donors (Lipinski definition) is 5. The lowest BCUT2D eigenvalue weighted by Crippen LogP contribution is -2.61. The summed E-state index contributed by atoms with van der Waals surface area (Å²) in [6.45, 7) is 2.48. The van der Waals surface area contributed by atoms with E-state index >= 15 is 0 Å². The van der Waals surface area contributed by atoms with Crippen molar-refractivity contribution in [2.24, 2.45) is 16.5 Å². The van der Waals surface area contributed by atoms with Crippen LogP contribution >= 0.6 is 0 Å². The number of rotatable bonds is 7. The van der Waals surface area contributed by atoms with Crippen molar-refractivity contribution in [2.45, 2.75) is 69.6 Å². The minimum atomic E-state index is -0.879. The summed E-state index contributed by atoms with van der Waals surface area (Å²) < 4.78 is 0. The average molecular weight is 486 g/mol. The molecule has 4 amide bonds. The van der Waals surface area contributed by atoms with Gasteiger partial charge in [-0.3, -0.25) is 24.2 Å². The lowest BCUT2D eigenvalue weighted by Gasteiger charge is -2.32. The van der Waals surface area contributed by atoms with E-state index in [0.29, 0.717) is 38.8 Å². The van der Waals surface area contributed by atoms with Crippen LogP contribution in [0.3, 0.4) is 0 Å². The number of carbonyl (C=O) groups is 4. The van der Waals surface area contributed by atoms with Crippen LogP contribution in [0, 0.1) is 0 Å². The molecule has 0 aliphatic carbocycles. The number of carbonyl (C=O) groups excluding carboxylic acids is 4. The highest BCUT2D eigenvalue weighted by molar-refractivity contribution is 5.97. The second-order valence-electron chi connectivity index (χ2n) is 8.92. The first-order chi connectivity index (χ1) is 16.8. The predicted octanol–water partition coefficient (Wildman–Crippen LogP) is -0.848. The van der Waals surface area contributed by atoms with Gasteiger partial charge in [0.25, 0.3) is 0 Å². The van der Waals surface area contributed by atoms with E-state index in [9.17, 15) is 19.2 Å². The van der Waals surface area contributed by atoms with Gasteiger partial charge in [-0.25, -0.2) is 0 Å². The molecule has 7 N–H and O–H groups in total. The van der Waals surface area contributed by atoms with E-state index in [1.807, 2.05) is 30.3 Å². The minimum Gasteiger partial charge on any atom is -0.370 e. The zero-order chi connectivity index (χ0) is 25.4. The number of benzene rings is 1. The molecule has 4 atom stereocenters. The summed E-state index contributed by atoms with van der Waals surface area (Å²) in [7, 11) is 0. The number of nitrogens with two attached hydrogens (primary N) is 2. The van der Waals surface area contributed by atoms with Crippen LogP contribution in [0.1, 0.15) is 44.6 Å². The van der Waals surface area contributed by atoms with Crippen molar-refractivity contribution in [3.8, 4) is 0 Å². The van der Waals surface area contributed by atoms with Gasteiger partial charge in [-0.1, -0.05) is 37.3 Å². The van der Waals surface area contributed by atoms with Crippen LogP contribution in [-0.2, 0) is 25.6 Å². The molecule has 3 rings (SSSR count). The van der Waals surface area contributed by atoms with E-state index in [2.05, 4.69) is 20.9 Å². The number of amides is 4. The predicted molar refractivity (Wildman–Crippen MR) is 131 cm³/mol. The molecular formula is C24H35N7O4. The molecule has 0 radical (unpaired) electrons. The Kier molecular flexibility index (Phi) is 9.04. The summed E-state index contributed by atoms with van der Waals surface area (Å²) in [5, 5.41) is 8.38. The summed E-state index contributed by atoms with van der Waals surface area (Å²) in [6.07, 6.45) is 2.49. The summed E-state index contributed by atoms with van der Waals surface area (Å²) >= 11 is 0. The molecular weight excluding hydrogens is 450 g/mol. The van der Waals surface area contributed by atoms with Crippen molar-refractivity contribution in [1.29, 1.82) is 0 Å². The third-order valence-corrected chi connectivity index (χ3v) is 6.36. The number of hydrogen-bond acceptors (Lipinski definition) is 5. The molecule has 2 saturated heterocycles. The number of aliphatic imine (C=N–C) groups is 1. The van der Waals surface area contributed by atoms with Crippen LogP contribution in [0.4, 0.5) is 0 Å². The Hall–Kier alpha value is -3.63. The van der Waals surface area contributed by atoms with Gasteiger partial charge in [0.1, 0.15) is 24.2 Å². The second-order valence-corrected chi connectivity index (χ2v) is 8.92. The van der Waals surface area contributed by atoms with E-state index in [-0.39, 0.29) is 30.6 Å². The van der Waals surface area contributed by atoms with Crippen molar-refractivity contribution in [3.63, 3.8) is 0 Å². The van der Waals surface area contributed by atoms with E-state index in [4.69, 9.17) is 11.5 Å². The molecule has 2 heterocycles. The van der Waals surface area contributed by atoms with Crippen LogP contribution in [0.25, 0.3) is 0 Å². The van der Waals surface area contributed by atoms with Gasteiger partial charge in [0.15, 0.2) is 5.96 Å². The Bertz CT molecular complexity index is 948. The minimum absolute atomic E-state index is 0.0509. The highest BCUT2D eigenvalue weighted by Gasteiger charge is 2.40. The maximum absolute atomic E-state index is 13.6.